The van der Waals surface area contributed by atoms with E-state index < -0.39 is 0 Å². The number of hydrogen-bond acceptors (Lipinski definition) is 3. The lowest BCUT2D eigenvalue weighted by atomic mass is 10.1. The molecule has 5 nitrogen and oxygen atoms in total. The van der Waals surface area contributed by atoms with Crippen molar-refractivity contribution >= 4 is 5.96 Å². The topological polar surface area (TPSA) is 54.9 Å². The molecule has 0 aromatic heterocycles. The normalized spacial score (nSPS) is 17.0. The van der Waals surface area contributed by atoms with E-state index >= 15 is 0 Å². The number of guanidine groups is 1. The van der Waals surface area contributed by atoms with Gasteiger partial charge in [0.2, 0.25) is 0 Å². The Labute approximate surface area is 159 Å². The molecule has 0 spiro atoms. The third-order valence-electron chi connectivity index (χ3n) is 4.42. The Hall–Kier alpha value is -2.60. The van der Waals surface area contributed by atoms with E-state index in [9.17, 15) is 4.39 Å². The van der Waals surface area contributed by atoms with Gasteiger partial charge in [-0.05, 0) is 36.2 Å². The SMILES string of the molecule is CN=C(NCc1cccc(F)c1)NCc1ccc(C)cc1OC1CCOC1. The third-order valence-corrected chi connectivity index (χ3v) is 4.42. The summed E-state index contributed by atoms with van der Waals surface area (Å²) in [4.78, 5) is 4.23. The fourth-order valence-electron chi connectivity index (χ4n) is 2.94. The quantitative estimate of drug-likeness (QED) is 0.605. The molecule has 1 aliphatic heterocycles. The maximum absolute atomic E-state index is 13.3. The molecule has 0 aliphatic carbocycles. The van der Waals surface area contributed by atoms with Crippen LogP contribution in [0.3, 0.4) is 0 Å². The predicted octanol–water partition coefficient (Wildman–Crippen LogP) is 3.17. The molecule has 1 aliphatic rings. The minimum atomic E-state index is -0.241. The van der Waals surface area contributed by atoms with E-state index in [1.807, 2.05) is 6.07 Å². The lowest BCUT2D eigenvalue weighted by Crippen LogP contribution is -2.36. The number of halogens is 1. The molecular formula is C21H26FN3O2. The third kappa shape index (κ3) is 5.69. The zero-order chi connectivity index (χ0) is 19.1. The Bertz CT molecular complexity index is 789. The highest BCUT2D eigenvalue weighted by atomic mass is 19.1. The van der Waals surface area contributed by atoms with Gasteiger partial charge in [-0.1, -0.05) is 24.3 Å². The van der Waals surface area contributed by atoms with E-state index in [2.05, 4.69) is 40.7 Å². The van der Waals surface area contributed by atoms with Gasteiger partial charge in [0.15, 0.2) is 5.96 Å². The van der Waals surface area contributed by atoms with Gasteiger partial charge in [0, 0.05) is 32.1 Å². The largest absolute Gasteiger partial charge is 0.488 e. The summed E-state index contributed by atoms with van der Waals surface area (Å²) in [6, 6.07) is 12.7. The first-order valence-electron chi connectivity index (χ1n) is 9.17. The fraction of sp³-hybridized carbons (Fsp3) is 0.381. The summed E-state index contributed by atoms with van der Waals surface area (Å²) in [6.07, 6.45) is 1.02. The van der Waals surface area contributed by atoms with Crippen molar-refractivity contribution in [2.45, 2.75) is 32.5 Å². The van der Waals surface area contributed by atoms with Crippen molar-refractivity contribution in [3.8, 4) is 5.75 Å². The van der Waals surface area contributed by atoms with E-state index in [1.54, 1.807) is 13.1 Å². The summed E-state index contributed by atoms with van der Waals surface area (Å²) in [5.41, 5.74) is 3.07. The zero-order valence-electron chi connectivity index (χ0n) is 15.8. The summed E-state index contributed by atoms with van der Waals surface area (Å²) < 4.78 is 24.8. The average Bonchev–Trinajstić information content (AvgIpc) is 3.16. The molecule has 1 heterocycles. The predicted molar refractivity (Wildman–Crippen MR) is 104 cm³/mol. The first kappa shape index (κ1) is 19.2. The van der Waals surface area contributed by atoms with Crippen molar-refractivity contribution in [3.63, 3.8) is 0 Å². The number of nitrogens with one attached hydrogen (secondary N) is 2. The van der Waals surface area contributed by atoms with Gasteiger partial charge in [0.05, 0.1) is 13.2 Å². The molecule has 0 saturated carbocycles. The molecule has 27 heavy (non-hydrogen) atoms. The molecule has 2 aromatic carbocycles. The Morgan fingerprint density at radius 3 is 2.81 bits per heavy atom. The highest BCUT2D eigenvalue weighted by Crippen LogP contribution is 2.23. The van der Waals surface area contributed by atoms with Gasteiger partial charge in [-0.25, -0.2) is 4.39 Å². The van der Waals surface area contributed by atoms with Gasteiger partial charge >= 0.3 is 0 Å². The van der Waals surface area contributed by atoms with Crippen LogP contribution in [0, 0.1) is 12.7 Å². The summed E-state index contributed by atoms with van der Waals surface area (Å²) in [5.74, 6) is 1.28. The molecule has 6 heteroatoms. The number of nitrogens with zero attached hydrogens (tertiary/aromatic N) is 1. The highest BCUT2D eigenvalue weighted by molar-refractivity contribution is 5.79. The van der Waals surface area contributed by atoms with Crippen LogP contribution in [0.5, 0.6) is 5.75 Å². The van der Waals surface area contributed by atoms with Crippen molar-refractivity contribution in [2.75, 3.05) is 20.3 Å². The lowest BCUT2D eigenvalue weighted by molar-refractivity contribution is 0.140. The second kappa shape index (κ2) is 9.37. The van der Waals surface area contributed by atoms with Crippen molar-refractivity contribution in [2.24, 2.45) is 4.99 Å². The molecule has 1 atom stereocenters. The second-order valence-corrected chi connectivity index (χ2v) is 6.62. The molecule has 0 radical (unpaired) electrons. The maximum Gasteiger partial charge on any atom is 0.191 e. The molecule has 1 fully saturated rings. The van der Waals surface area contributed by atoms with Crippen LogP contribution in [0.15, 0.2) is 47.5 Å². The lowest BCUT2D eigenvalue weighted by Gasteiger charge is -2.18. The van der Waals surface area contributed by atoms with Gasteiger partial charge in [-0.2, -0.15) is 0 Å². The van der Waals surface area contributed by atoms with Gasteiger partial charge in [0.25, 0.3) is 0 Å². The Morgan fingerprint density at radius 1 is 1.22 bits per heavy atom. The number of rotatable bonds is 6. The molecule has 0 amide bonds. The number of aryl methyl sites for hydroxylation is 1. The van der Waals surface area contributed by atoms with E-state index in [4.69, 9.17) is 9.47 Å². The first-order valence-corrected chi connectivity index (χ1v) is 9.17. The van der Waals surface area contributed by atoms with Crippen molar-refractivity contribution in [1.29, 1.82) is 0 Å². The molecule has 2 N–H and O–H groups in total. The molecule has 2 aromatic rings. The van der Waals surface area contributed by atoms with Crippen molar-refractivity contribution in [3.05, 3.63) is 65.0 Å². The average molecular weight is 371 g/mol. The van der Waals surface area contributed by atoms with Crippen LogP contribution in [0.4, 0.5) is 4.39 Å². The van der Waals surface area contributed by atoms with Gasteiger partial charge < -0.3 is 20.1 Å². The standard InChI is InChI=1S/C21H26FN3O2/c1-15-6-7-17(20(10-15)27-19-8-9-26-14-19)13-25-21(23-2)24-12-16-4-3-5-18(22)11-16/h3-7,10-11,19H,8-9,12-14H2,1-2H3,(H2,23,24,25). The van der Waals surface area contributed by atoms with E-state index in [0.29, 0.717) is 25.7 Å². The highest BCUT2D eigenvalue weighted by Gasteiger charge is 2.18. The summed E-state index contributed by atoms with van der Waals surface area (Å²) in [5, 5.41) is 6.49. The minimum absolute atomic E-state index is 0.107. The summed E-state index contributed by atoms with van der Waals surface area (Å²) in [7, 11) is 1.71. The van der Waals surface area contributed by atoms with Crippen LogP contribution < -0.4 is 15.4 Å². The van der Waals surface area contributed by atoms with Crippen LogP contribution in [-0.2, 0) is 17.8 Å². The number of benzene rings is 2. The molecule has 3 rings (SSSR count). The van der Waals surface area contributed by atoms with Crippen LogP contribution in [0.1, 0.15) is 23.1 Å². The molecule has 144 valence electrons. The number of ether oxygens (including phenoxy) is 2. The van der Waals surface area contributed by atoms with Crippen LogP contribution in [-0.4, -0.2) is 32.3 Å². The summed E-state index contributed by atoms with van der Waals surface area (Å²) in [6.45, 7) is 4.51. The second-order valence-electron chi connectivity index (χ2n) is 6.62. The van der Waals surface area contributed by atoms with Crippen molar-refractivity contribution < 1.29 is 13.9 Å². The Kier molecular flexibility index (Phi) is 6.65. The van der Waals surface area contributed by atoms with Crippen LogP contribution in [0.25, 0.3) is 0 Å². The molecule has 1 unspecified atom stereocenters. The Morgan fingerprint density at radius 2 is 2.07 bits per heavy atom. The molecule has 0 bridgehead atoms. The first-order chi connectivity index (χ1) is 13.1. The maximum atomic E-state index is 13.3. The minimum Gasteiger partial charge on any atom is -0.488 e. The van der Waals surface area contributed by atoms with E-state index in [0.717, 1.165) is 35.5 Å². The van der Waals surface area contributed by atoms with E-state index in [1.165, 1.54) is 12.1 Å². The zero-order valence-corrected chi connectivity index (χ0v) is 15.8. The smallest absolute Gasteiger partial charge is 0.191 e. The van der Waals surface area contributed by atoms with E-state index in [-0.39, 0.29) is 11.9 Å². The van der Waals surface area contributed by atoms with Gasteiger partial charge in [-0.15, -0.1) is 0 Å². The molecule has 1 saturated heterocycles. The van der Waals surface area contributed by atoms with Gasteiger partial charge in [0.1, 0.15) is 17.7 Å². The van der Waals surface area contributed by atoms with Crippen LogP contribution in [0.2, 0.25) is 0 Å². The Balaban J connectivity index is 1.59. The fourth-order valence-corrected chi connectivity index (χ4v) is 2.94. The monoisotopic (exact) mass is 371 g/mol. The summed E-state index contributed by atoms with van der Waals surface area (Å²) >= 11 is 0. The van der Waals surface area contributed by atoms with Gasteiger partial charge in [-0.3, -0.25) is 4.99 Å². The number of aliphatic imine (C=N–C) groups is 1. The van der Waals surface area contributed by atoms with Crippen molar-refractivity contribution in [1.82, 2.24) is 10.6 Å². The van der Waals surface area contributed by atoms with Crippen LogP contribution >= 0.6 is 0 Å². The number of hydrogen-bond donors (Lipinski definition) is 2. The molecular weight excluding hydrogens is 345 g/mol.